The van der Waals surface area contributed by atoms with Crippen molar-refractivity contribution in [3.8, 4) is 0 Å². The first-order chi connectivity index (χ1) is 9.47. The Morgan fingerprint density at radius 1 is 1.35 bits per heavy atom. The van der Waals surface area contributed by atoms with E-state index in [1.54, 1.807) is 18.7 Å². The quantitative estimate of drug-likeness (QED) is 0.741. The lowest BCUT2D eigenvalue weighted by molar-refractivity contribution is 0.0739. The highest BCUT2D eigenvalue weighted by atomic mass is 32.2. The van der Waals surface area contributed by atoms with E-state index in [1.807, 2.05) is 0 Å². The third-order valence-electron chi connectivity index (χ3n) is 4.54. The summed E-state index contributed by atoms with van der Waals surface area (Å²) < 4.78 is 24.8. The van der Waals surface area contributed by atoms with E-state index >= 15 is 0 Å². The van der Waals surface area contributed by atoms with Crippen molar-refractivity contribution >= 4 is 21.6 Å². The highest BCUT2D eigenvalue weighted by molar-refractivity contribution is 8.01. The van der Waals surface area contributed by atoms with Crippen LogP contribution in [0.2, 0.25) is 0 Å². The molecule has 1 saturated heterocycles. The molecule has 2 atom stereocenters. The fourth-order valence-electron chi connectivity index (χ4n) is 3.01. The van der Waals surface area contributed by atoms with Gasteiger partial charge in [-0.05, 0) is 12.8 Å². The van der Waals surface area contributed by atoms with Gasteiger partial charge in [-0.15, -0.1) is 0 Å². The largest absolute Gasteiger partial charge is 0.329 e. The van der Waals surface area contributed by atoms with Crippen LogP contribution in [-0.2, 0) is 9.84 Å². The summed E-state index contributed by atoms with van der Waals surface area (Å²) in [5.41, 5.74) is 5.94. The van der Waals surface area contributed by atoms with Crippen molar-refractivity contribution in [1.29, 1.82) is 0 Å². The van der Waals surface area contributed by atoms with Crippen LogP contribution < -0.4 is 5.73 Å². The van der Waals surface area contributed by atoms with E-state index in [0.29, 0.717) is 12.3 Å². The summed E-state index contributed by atoms with van der Waals surface area (Å²) in [6.07, 6.45) is 4.14. The summed E-state index contributed by atoms with van der Waals surface area (Å²) in [5.74, 6) is 1.90. The predicted molar refractivity (Wildman–Crippen MR) is 88.9 cm³/mol. The van der Waals surface area contributed by atoms with Gasteiger partial charge in [0.05, 0.1) is 0 Å². The van der Waals surface area contributed by atoms with E-state index in [-0.39, 0.29) is 16.7 Å². The second-order valence-electron chi connectivity index (χ2n) is 5.56. The number of thioether (sulfide) groups is 1. The fourth-order valence-corrected chi connectivity index (χ4v) is 6.10. The number of rotatable bonds is 8. The Labute approximate surface area is 128 Å². The van der Waals surface area contributed by atoms with Crippen LogP contribution in [-0.4, -0.2) is 54.6 Å². The van der Waals surface area contributed by atoms with Crippen molar-refractivity contribution in [3.63, 3.8) is 0 Å². The number of hydrogen-bond acceptors (Lipinski definition) is 5. The Hall–Kier alpha value is 0.220. The topological polar surface area (TPSA) is 63.4 Å². The van der Waals surface area contributed by atoms with E-state index in [2.05, 4.69) is 18.7 Å². The van der Waals surface area contributed by atoms with Crippen molar-refractivity contribution < 1.29 is 8.42 Å². The van der Waals surface area contributed by atoms with Gasteiger partial charge in [0, 0.05) is 35.9 Å². The van der Waals surface area contributed by atoms with E-state index in [9.17, 15) is 8.42 Å². The molecular weight excluding hydrogens is 292 g/mol. The lowest BCUT2D eigenvalue weighted by Crippen LogP contribution is -2.62. The lowest BCUT2D eigenvalue weighted by atomic mass is 9.87. The zero-order chi connectivity index (χ0) is 15.2. The normalized spacial score (nSPS) is 24.5. The van der Waals surface area contributed by atoms with Crippen LogP contribution >= 0.6 is 11.8 Å². The molecule has 0 aromatic carbocycles. The third-order valence-corrected chi connectivity index (χ3v) is 7.83. The molecular formula is C14H30N2O2S2. The van der Waals surface area contributed by atoms with Crippen molar-refractivity contribution in [2.24, 2.45) is 5.73 Å². The maximum atomic E-state index is 12.4. The number of nitrogens with zero attached hydrogens (tertiary/aromatic N) is 1. The number of nitrogens with two attached hydrogens (primary N) is 1. The lowest BCUT2D eigenvalue weighted by Gasteiger charge is -2.48. The van der Waals surface area contributed by atoms with Gasteiger partial charge in [0.1, 0.15) is 5.37 Å². The van der Waals surface area contributed by atoms with E-state index in [4.69, 9.17) is 5.73 Å². The van der Waals surface area contributed by atoms with Gasteiger partial charge in [0.25, 0.3) is 0 Å². The average molecular weight is 323 g/mol. The van der Waals surface area contributed by atoms with Crippen LogP contribution in [0, 0.1) is 0 Å². The second-order valence-corrected chi connectivity index (χ2v) is 9.16. The molecule has 0 aromatic rings. The van der Waals surface area contributed by atoms with E-state index in [1.165, 1.54) is 0 Å². The molecule has 1 aliphatic rings. The smallest absolute Gasteiger partial charge is 0.166 e. The number of hydrogen-bond donors (Lipinski definition) is 1. The standard InChI is InChI=1S/C14H30N2O2S2/c1-4-7-8-14(5-2,12-15)16-9-10-19-11-13(16)20(17,18)6-3/h13H,4-12,15H2,1-3H3. The van der Waals surface area contributed by atoms with Gasteiger partial charge in [0.2, 0.25) is 0 Å². The molecule has 0 radical (unpaired) electrons. The van der Waals surface area contributed by atoms with Gasteiger partial charge in [0.15, 0.2) is 9.84 Å². The molecule has 2 N–H and O–H groups in total. The van der Waals surface area contributed by atoms with Crippen LogP contribution in [0.4, 0.5) is 0 Å². The number of sulfone groups is 1. The predicted octanol–water partition coefficient (Wildman–Crippen LogP) is 2.09. The van der Waals surface area contributed by atoms with Crippen molar-refractivity contribution in [3.05, 3.63) is 0 Å². The molecule has 6 heteroatoms. The van der Waals surface area contributed by atoms with Crippen LogP contribution in [0.5, 0.6) is 0 Å². The van der Waals surface area contributed by atoms with Crippen LogP contribution in [0.1, 0.15) is 46.5 Å². The molecule has 0 amide bonds. The first-order valence-corrected chi connectivity index (χ1v) is 10.6. The molecule has 0 aromatic heterocycles. The van der Waals surface area contributed by atoms with Crippen LogP contribution in [0.3, 0.4) is 0 Å². The molecule has 0 bridgehead atoms. The first-order valence-electron chi connectivity index (χ1n) is 7.73. The fraction of sp³-hybridized carbons (Fsp3) is 1.00. The molecule has 20 heavy (non-hydrogen) atoms. The second kappa shape index (κ2) is 8.01. The molecule has 2 unspecified atom stereocenters. The minimum absolute atomic E-state index is 0.149. The summed E-state index contributed by atoms with van der Waals surface area (Å²) in [6, 6.07) is 0. The maximum Gasteiger partial charge on any atom is 0.166 e. The Balaban J connectivity index is 3.07. The molecule has 1 aliphatic heterocycles. The zero-order valence-electron chi connectivity index (χ0n) is 13.1. The average Bonchev–Trinajstić information content (AvgIpc) is 2.49. The molecule has 1 heterocycles. The first kappa shape index (κ1) is 18.3. The van der Waals surface area contributed by atoms with Crippen molar-refractivity contribution in [2.75, 3.05) is 30.3 Å². The van der Waals surface area contributed by atoms with E-state index in [0.717, 1.165) is 38.0 Å². The Morgan fingerprint density at radius 2 is 2.05 bits per heavy atom. The van der Waals surface area contributed by atoms with Gasteiger partial charge in [-0.1, -0.05) is 33.6 Å². The molecule has 120 valence electrons. The molecule has 0 saturated carbocycles. The van der Waals surface area contributed by atoms with Gasteiger partial charge < -0.3 is 5.73 Å². The zero-order valence-corrected chi connectivity index (χ0v) is 14.7. The monoisotopic (exact) mass is 322 g/mol. The van der Waals surface area contributed by atoms with Crippen LogP contribution in [0.15, 0.2) is 0 Å². The SMILES string of the molecule is CCCCC(CC)(CN)N1CCSCC1S(=O)(=O)CC. The summed E-state index contributed by atoms with van der Waals surface area (Å²) in [7, 11) is -3.05. The van der Waals surface area contributed by atoms with Gasteiger partial charge in [-0.2, -0.15) is 11.8 Å². The highest BCUT2D eigenvalue weighted by Crippen LogP contribution is 2.33. The minimum atomic E-state index is -3.05. The summed E-state index contributed by atoms with van der Waals surface area (Å²) in [4.78, 5) is 2.22. The Bertz CT molecular complexity index is 381. The summed E-state index contributed by atoms with van der Waals surface area (Å²) in [6.45, 7) is 7.44. The van der Waals surface area contributed by atoms with Gasteiger partial charge >= 0.3 is 0 Å². The molecule has 1 fully saturated rings. The minimum Gasteiger partial charge on any atom is -0.329 e. The third kappa shape index (κ3) is 3.90. The molecule has 4 nitrogen and oxygen atoms in total. The Morgan fingerprint density at radius 3 is 2.55 bits per heavy atom. The molecule has 1 rings (SSSR count). The van der Waals surface area contributed by atoms with E-state index < -0.39 is 9.84 Å². The Kier molecular flexibility index (Phi) is 7.32. The summed E-state index contributed by atoms with van der Waals surface area (Å²) >= 11 is 1.75. The van der Waals surface area contributed by atoms with Crippen LogP contribution in [0.25, 0.3) is 0 Å². The van der Waals surface area contributed by atoms with Crippen molar-refractivity contribution in [2.45, 2.75) is 57.4 Å². The molecule has 0 spiro atoms. The van der Waals surface area contributed by atoms with Gasteiger partial charge in [-0.3, -0.25) is 4.90 Å². The number of unbranched alkanes of at least 4 members (excludes halogenated alkanes) is 1. The van der Waals surface area contributed by atoms with Gasteiger partial charge in [-0.25, -0.2) is 8.42 Å². The van der Waals surface area contributed by atoms with Crippen molar-refractivity contribution in [1.82, 2.24) is 4.90 Å². The molecule has 0 aliphatic carbocycles. The summed E-state index contributed by atoms with van der Waals surface area (Å²) in [5, 5.41) is -0.355. The highest BCUT2D eigenvalue weighted by Gasteiger charge is 2.43. The maximum absolute atomic E-state index is 12.4.